The standard InChI is InChI=1S/C21H18FN3O2/c1-25-19-5-2-15(9-16(19)3-7-21(25)26)17-8-14(10-23-11-17)13-27-20-6-4-18(22)12-24-20/h2,4-6,8-12H,3,7,13H2,1H3. The Morgan fingerprint density at radius 3 is 2.78 bits per heavy atom. The summed E-state index contributed by atoms with van der Waals surface area (Å²) in [6.45, 7) is 0.293. The second-order valence-electron chi connectivity index (χ2n) is 6.48. The number of fused-ring (bicyclic) bond motifs is 1. The summed E-state index contributed by atoms with van der Waals surface area (Å²) >= 11 is 0. The molecule has 0 atom stereocenters. The topological polar surface area (TPSA) is 55.3 Å². The maximum absolute atomic E-state index is 12.9. The highest BCUT2D eigenvalue weighted by Gasteiger charge is 2.21. The fourth-order valence-electron chi connectivity index (χ4n) is 3.17. The summed E-state index contributed by atoms with van der Waals surface area (Å²) in [5.74, 6) is 0.111. The molecule has 5 nitrogen and oxygen atoms in total. The van der Waals surface area contributed by atoms with Crippen molar-refractivity contribution in [3.63, 3.8) is 0 Å². The highest BCUT2D eigenvalue weighted by atomic mass is 19.1. The number of carbonyl (C=O) groups excluding carboxylic acids is 1. The molecule has 6 heteroatoms. The van der Waals surface area contributed by atoms with Gasteiger partial charge in [0.25, 0.3) is 0 Å². The zero-order chi connectivity index (χ0) is 18.8. The van der Waals surface area contributed by atoms with E-state index in [0.29, 0.717) is 18.9 Å². The summed E-state index contributed by atoms with van der Waals surface area (Å²) in [4.78, 5) is 21.7. The summed E-state index contributed by atoms with van der Waals surface area (Å²) in [6, 6.07) is 10.9. The molecule has 0 fully saturated rings. The van der Waals surface area contributed by atoms with Crippen LogP contribution in [0.25, 0.3) is 11.1 Å². The second kappa shape index (κ2) is 7.15. The van der Waals surface area contributed by atoms with E-state index in [-0.39, 0.29) is 5.91 Å². The molecule has 3 aromatic rings. The molecule has 27 heavy (non-hydrogen) atoms. The predicted molar refractivity (Wildman–Crippen MR) is 99.9 cm³/mol. The van der Waals surface area contributed by atoms with Crippen molar-refractivity contribution in [1.29, 1.82) is 0 Å². The number of aryl methyl sites for hydroxylation is 1. The van der Waals surface area contributed by atoms with Crippen LogP contribution in [0.4, 0.5) is 10.1 Å². The lowest BCUT2D eigenvalue weighted by atomic mass is 9.96. The number of pyridine rings is 2. The Balaban J connectivity index is 1.54. The molecule has 2 aromatic heterocycles. The van der Waals surface area contributed by atoms with E-state index in [4.69, 9.17) is 4.74 Å². The van der Waals surface area contributed by atoms with Crippen molar-refractivity contribution < 1.29 is 13.9 Å². The van der Waals surface area contributed by atoms with Gasteiger partial charge in [-0.1, -0.05) is 6.07 Å². The van der Waals surface area contributed by atoms with Crippen LogP contribution in [0.15, 0.2) is 55.0 Å². The van der Waals surface area contributed by atoms with Crippen LogP contribution in [0.1, 0.15) is 17.5 Å². The maximum Gasteiger partial charge on any atom is 0.227 e. The molecule has 4 rings (SSSR count). The molecule has 0 aliphatic carbocycles. The summed E-state index contributed by atoms with van der Waals surface area (Å²) < 4.78 is 18.5. The van der Waals surface area contributed by atoms with Crippen molar-refractivity contribution in [2.24, 2.45) is 0 Å². The molecular weight excluding hydrogens is 345 g/mol. The van der Waals surface area contributed by atoms with Gasteiger partial charge in [-0.2, -0.15) is 0 Å². The number of ether oxygens (including phenoxy) is 1. The van der Waals surface area contributed by atoms with E-state index in [1.54, 1.807) is 17.3 Å². The van der Waals surface area contributed by atoms with E-state index in [0.717, 1.165) is 40.6 Å². The fourth-order valence-corrected chi connectivity index (χ4v) is 3.17. The number of nitrogens with zero attached hydrogens (tertiary/aromatic N) is 3. The Labute approximate surface area is 156 Å². The third-order valence-corrected chi connectivity index (χ3v) is 4.64. The molecule has 0 spiro atoms. The lowest BCUT2D eigenvalue weighted by Crippen LogP contribution is -2.30. The molecule has 136 valence electrons. The van der Waals surface area contributed by atoms with Crippen molar-refractivity contribution in [1.82, 2.24) is 9.97 Å². The van der Waals surface area contributed by atoms with Gasteiger partial charge in [-0.25, -0.2) is 9.37 Å². The molecule has 0 N–H and O–H groups in total. The molecule has 0 saturated heterocycles. The Hall–Kier alpha value is -3.28. The van der Waals surface area contributed by atoms with Crippen molar-refractivity contribution >= 4 is 11.6 Å². The van der Waals surface area contributed by atoms with E-state index in [1.807, 2.05) is 25.2 Å². The van der Waals surface area contributed by atoms with Crippen LogP contribution in [0, 0.1) is 5.82 Å². The first-order chi connectivity index (χ1) is 13.1. The van der Waals surface area contributed by atoms with Crippen LogP contribution in [-0.2, 0) is 17.8 Å². The third kappa shape index (κ3) is 3.65. The zero-order valence-corrected chi connectivity index (χ0v) is 14.9. The molecule has 1 amide bonds. The monoisotopic (exact) mass is 363 g/mol. The lowest BCUT2D eigenvalue weighted by molar-refractivity contribution is -0.118. The van der Waals surface area contributed by atoms with Gasteiger partial charge in [0.15, 0.2) is 0 Å². The van der Waals surface area contributed by atoms with Gasteiger partial charge in [-0.15, -0.1) is 0 Å². The number of anilines is 1. The summed E-state index contributed by atoms with van der Waals surface area (Å²) in [5, 5.41) is 0. The molecule has 1 aliphatic rings. The van der Waals surface area contributed by atoms with Crippen LogP contribution >= 0.6 is 0 Å². The average molecular weight is 363 g/mol. The van der Waals surface area contributed by atoms with Crippen molar-refractivity contribution in [2.75, 3.05) is 11.9 Å². The molecule has 0 unspecified atom stereocenters. The smallest absolute Gasteiger partial charge is 0.227 e. The number of halogens is 1. The average Bonchev–Trinajstić information content (AvgIpc) is 2.70. The molecular formula is C21H18FN3O2. The number of carbonyl (C=O) groups is 1. The van der Waals surface area contributed by atoms with Gasteiger partial charge in [0.2, 0.25) is 11.8 Å². The second-order valence-corrected chi connectivity index (χ2v) is 6.48. The first-order valence-corrected chi connectivity index (χ1v) is 8.68. The minimum absolute atomic E-state index is 0.144. The number of aromatic nitrogens is 2. The molecule has 0 bridgehead atoms. The van der Waals surface area contributed by atoms with Gasteiger partial charge in [-0.05, 0) is 41.8 Å². The number of hydrogen-bond donors (Lipinski definition) is 0. The zero-order valence-electron chi connectivity index (χ0n) is 14.9. The summed E-state index contributed by atoms with van der Waals surface area (Å²) in [7, 11) is 1.81. The van der Waals surface area contributed by atoms with Gasteiger partial charge in [0, 0.05) is 48.7 Å². The molecule has 3 heterocycles. The quantitative estimate of drug-likeness (QED) is 0.708. The van der Waals surface area contributed by atoms with Crippen LogP contribution in [0.5, 0.6) is 5.88 Å². The van der Waals surface area contributed by atoms with Gasteiger partial charge in [0.05, 0.1) is 6.20 Å². The van der Waals surface area contributed by atoms with Gasteiger partial charge in [0.1, 0.15) is 12.4 Å². The van der Waals surface area contributed by atoms with E-state index >= 15 is 0 Å². The molecule has 1 aromatic carbocycles. The van der Waals surface area contributed by atoms with Gasteiger partial charge < -0.3 is 9.64 Å². The highest BCUT2D eigenvalue weighted by molar-refractivity contribution is 5.96. The minimum atomic E-state index is -0.397. The van der Waals surface area contributed by atoms with E-state index in [2.05, 4.69) is 16.0 Å². The summed E-state index contributed by atoms with van der Waals surface area (Å²) in [5.41, 5.74) is 5.04. The largest absolute Gasteiger partial charge is 0.473 e. The van der Waals surface area contributed by atoms with E-state index < -0.39 is 5.82 Å². The molecule has 0 saturated carbocycles. The Morgan fingerprint density at radius 2 is 1.96 bits per heavy atom. The Bertz CT molecular complexity index is 989. The van der Waals surface area contributed by atoms with Gasteiger partial charge >= 0.3 is 0 Å². The minimum Gasteiger partial charge on any atom is -0.473 e. The molecule has 1 aliphatic heterocycles. The van der Waals surface area contributed by atoms with Crippen LogP contribution in [0.3, 0.4) is 0 Å². The predicted octanol–water partition coefficient (Wildman–Crippen LogP) is 3.77. The Morgan fingerprint density at radius 1 is 1.07 bits per heavy atom. The third-order valence-electron chi connectivity index (χ3n) is 4.64. The van der Waals surface area contributed by atoms with Crippen molar-refractivity contribution in [3.8, 4) is 17.0 Å². The molecule has 0 radical (unpaired) electrons. The first-order valence-electron chi connectivity index (χ1n) is 8.68. The number of benzene rings is 1. The number of rotatable bonds is 4. The van der Waals surface area contributed by atoms with Crippen LogP contribution in [0.2, 0.25) is 0 Å². The van der Waals surface area contributed by atoms with Crippen molar-refractivity contribution in [3.05, 3.63) is 71.9 Å². The summed E-state index contributed by atoms with van der Waals surface area (Å²) in [6.07, 6.45) is 5.94. The normalized spacial score (nSPS) is 13.4. The fraction of sp³-hybridized carbons (Fsp3) is 0.190. The van der Waals surface area contributed by atoms with E-state index in [9.17, 15) is 9.18 Å². The van der Waals surface area contributed by atoms with Crippen LogP contribution in [-0.4, -0.2) is 22.9 Å². The number of hydrogen-bond acceptors (Lipinski definition) is 4. The Kier molecular flexibility index (Phi) is 4.54. The maximum atomic E-state index is 12.9. The van der Waals surface area contributed by atoms with E-state index in [1.165, 1.54) is 12.1 Å². The highest BCUT2D eigenvalue weighted by Crippen LogP contribution is 2.31. The van der Waals surface area contributed by atoms with Crippen LogP contribution < -0.4 is 9.64 Å². The van der Waals surface area contributed by atoms with Gasteiger partial charge in [-0.3, -0.25) is 9.78 Å². The number of amides is 1. The lowest BCUT2D eigenvalue weighted by Gasteiger charge is -2.26. The SMILES string of the molecule is CN1C(=O)CCc2cc(-c3cncc(COc4ccc(F)cn4)c3)ccc21. The van der Waals surface area contributed by atoms with Crippen molar-refractivity contribution in [2.45, 2.75) is 19.4 Å². The first kappa shape index (κ1) is 17.1.